The van der Waals surface area contributed by atoms with E-state index in [0.717, 1.165) is 20.6 Å². The van der Waals surface area contributed by atoms with Crippen LogP contribution in [0.1, 0.15) is 22.3 Å². The van der Waals surface area contributed by atoms with Gasteiger partial charge in [0.2, 0.25) is 0 Å². The molecule has 19 heavy (non-hydrogen) atoms. The number of fused-ring (bicyclic) bond motifs is 2. The Morgan fingerprint density at radius 3 is 1.21 bits per heavy atom. The Kier molecular flexibility index (Phi) is 2.81. The first kappa shape index (κ1) is 11.5. The summed E-state index contributed by atoms with van der Waals surface area (Å²) in [5.74, 6) is 0. The van der Waals surface area contributed by atoms with Gasteiger partial charge in [-0.1, -0.05) is 48.5 Å². The first-order valence-electron chi connectivity index (χ1n) is 7.28. The van der Waals surface area contributed by atoms with Crippen LogP contribution in [0.2, 0.25) is 11.1 Å². The summed E-state index contributed by atoms with van der Waals surface area (Å²) < 4.78 is 0. The maximum absolute atomic E-state index is 2.32. The molecule has 0 aliphatic heterocycles. The third-order valence-corrected chi connectivity index (χ3v) is 6.33. The zero-order chi connectivity index (χ0) is 12.7. The molecule has 0 saturated carbocycles. The normalized spacial score (nSPS) is 18.5. The lowest BCUT2D eigenvalue weighted by atomic mass is 10.1. The molecule has 0 spiro atoms. The Balaban J connectivity index is 1.43. The summed E-state index contributed by atoms with van der Waals surface area (Å²) in [6.45, 7) is 0. The van der Waals surface area contributed by atoms with E-state index >= 15 is 0 Å². The van der Waals surface area contributed by atoms with Gasteiger partial charge >= 0.3 is 0 Å². The first-order chi connectivity index (χ1) is 9.38. The molecule has 0 fully saturated rings. The highest BCUT2D eigenvalue weighted by molar-refractivity contribution is 6.40. The fraction of sp³-hybridized carbons (Fsp3) is 0.333. The Morgan fingerprint density at radius 2 is 0.895 bits per heavy atom. The molecule has 0 heterocycles. The summed E-state index contributed by atoms with van der Waals surface area (Å²) in [5.41, 5.74) is 8.26. The van der Waals surface area contributed by atoms with Crippen LogP contribution in [0.15, 0.2) is 48.5 Å². The Bertz CT molecular complexity index is 499. The molecular weight excluding hydrogens is 244 g/mol. The molecule has 4 rings (SSSR count). The highest BCUT2D eigenvalue weighted by Crippen LogP contribution is 2.37. The maximum atomic E-state index is 2.32. The van der Waals surface area contributed by atoms with Crippen molar-refractivity contribution < 1.29 is 0 Å². The van der Waals surface area contributed by atoms with Crippen molar-refractivity contribution >= 4 is 9.52 Å². The van der Waals surface area contributed by atoms with Crippen LogP contribution < -0.4 is 0 Å². The molecule has 1 heteroatoms. The average Bonchev–Trinajstić information content (AvgIpc) is 3.00. The number of hydrogen-bond donors (Lipinski definition) is 0. The van der Waals surface area contributed by atoms with Gasteiger partial charge < -0.3 is 0 Å². The van der Waals surface area contributed by atoms with Crippen LogP contribution in [0.25, 0.3) is 0 Å². The Morgan fingerprint density at radius 1 is 0.579 bits per heavy atom. The number of rotatable bonds is 2. The van der Waals surface area contributed by atoms with Crippen molar-refractivity contribution in [2.45, 2.75) is 36.8 Å². The highest BCUT2D eigenvalue weighted by Gasteiger charge is 2.28. The van der Waals surface area contributed by atoms with E-state index in [1.807, 2.05) is 0 Å². The van der Waals surface area contributed by atoms with Gasteiger partial charge in [-0.15, -0.1) is 0 Å². The third-order valence-electron chi connectivity index (χ3n) is 4.57. The second-order valence-corrected chi connectivity index (χ2v) is 7.88. The molecule has 94 valence electrons. The third kappa shape index (κ3) is 2.16. The van der Waals surface area contributed by atoms with Crippen molar-refractivity contribution in [3.63, 3.8) is 0 Å². The molecule has 2 aromatic carbocycles. The lowest BCUT2D eigenvalue weighted by molar-refractivity contribution is 0.819. The van der Waals surface area contributed by atoms with Gasteiger partial charge in [-0.25, -0.2) is 0 Å². The van der Waals surface area contributed by atoms with Gasteiger partial charge in [-0.3, -0.25) is 0 Å². The van der Waals surface area contributed by atoms with Gasteiger partial charge in [0.15, 0.2) is 0 Å². The van der Waals surface area contributed by atoms with Crippen LogP contribution in [-0.4, -0.2) is 9.52 Å². The van der Waals surface area contributed by atoms with Crippen molar-refractivity contribution in [2.24, 2.45) is 0 Å². The molecule has 2 aliphatic rings. The fourth-order valence-electron chi connectivity index (χ4n) is 3.69. The van der Waals surface area contributed by atoms with Gasteiger partial charge in [-0.05, 0) is 59.0 Å². The average molecular weight is 262 g/mol. The number of benzene rings is 2. The van der Waals surface area contributed by atoms with Crippen LogP contribution >= 0.6 is 0 Å². The maximum Gasteiger partial charge on any atom is 0.0462 e. The highest BCUT2D eigenvalue weighted by atomic mass is 28.2. The zero-order valence-electron chi connectivity index (χ0n) is 11.1. The minimum Gasteiger partial charge on any atom is -0.0620 e. The summed E-state index contributed by atoms with van der Waals surface area (Å²) >= 11 is 0. The molecule has 2 aliphatic carbocycles. The van der Waals surface area contributed by atoms with E-state index in [4.69, 9.17) is 0 Å². The predicted octanol–water partition coefficient (Wildman–Crippen LogP) is 3.87. The van der Waals surface area contributed by atoms with E-state index in [-0.39, 0.29) is 0 Å². The molecule has 0 amide bonds. The van der Waals surface area contributed by atoms with E-state index in [9.17, 15) is 0 Å². The minimum absolute atomic E-state index is 0.914. The lowest BCUT2D eigenvalue weighted by Gasteiger charge is -2.13. The quantitative estimate of drug-likeness (QED) is 0.721. The second-order valence-electron chi connectivity index (χ2n) is 5.91. The molecule has 0 N–H and O–H groups in total. The summed E-state index contributed by atoms with van der Waals surface area (Å²) in [6, 6.07) is 18.1. The molecule has 2 aromatic rings. The minimum atomic E-state index is 0.914. The van der Waals surface area contributed by atoms with E-state index in [0.29, 0.717) is 0 Å². The summed E-state index contributed by atoms with van der Waals surface area (Å²) in [5, 5.41) is 0. The van der Waals surface area contributed by atoms with Gasteiger partial charge in [0, 0.05) is 9.52 Å². The Hall–Kier alpha value is -1.34. The smallest absolute Gasteiger partial charge is 0.0462 e. The summed E-state index contributed by atoms with van der Waals surface area (Å²) in [4.78, 5) is 0. The van der Waals surface area contributed by atoms with Gasteiger partial charge in [0.1, 0.15) is 0 Å². The van der Waals surface area contributed by atoms with Crippen molar-refractivity contribution in [1.29, 1.82) is 0 Å². The van der Waals surface area contributed by atoms with Gasteiger partial charge in [-0.2, -0.15) is 0 Å². The molecule has 0 bridgehead atoms. The van der Waals surface area contributed by atoms with E-state index in [1.165, 1.54) is 25.7 Å². The SMILES string of the molecule is c1ccc2c(c1)CC([Si]C1Cc3ccccc3C1)C2. The second kappa shape index (κ2) is 4.64. The predicted molar refractivity (Wildman–Crippen MR) is 81.0 cm³/mol. The van der Waals surface area contributed by atoms with Crippen LogP contribution in [0, 0.1) is 0 Å². The van der Waals surface area contributed by atoms with Crippen molar-refractivity contribution in [3.05, 3.63) is 70.8 Å². The van der Waals surface area contributed by atoms with Crippen molar-refractivity contribution in [1.82, 2.24) is 0 Å². The molecule has 0 unspecified atom stereocenters. The van der Waals surface area contributed by atoms with Gasteiger partial charge in [0.05, 0.1) is 0 Å². The van der Waals surface area contributed by atoms with E-state index in [2.05, 4.69) is 48.5 Å². The summed E-state index contributed by atoms with van der Waals surface area (Å²) in [6.07, 6.45) is 5.28. The van der Waals surface area contributed by atoms with Crippen LogP contribution in [0.5, 0.6) is 0 Å². The molecule has 0 nitrogen and oxygen atoms in total. The molecule has 2 radical (unpaired) electrons. The number of hydrogen-bond acceptors (Lipinski definition) is 0. The summed E-state index contributed by atoms with van der Waals surface area (Å²) in [7, 11) is 1.13. The van der Waals surface area contributed by atoms with E-state index < -0.39 is 0 Å². The van der Waals surface area contributed by atoms with Crippen LogP contribution in [-0.2, 0) is 25.7 Å². The molecule has 0 saturated heterocycles. The molecular formula is C18H18Si. The largest absolute Gasteiger partial charge is 0.0620 e. The molecule has 0 atom stereocenters. The van der Waals surface area contributed by atoms with Crippen molar-refractivity contribution in [3.8, 4) is 0 Å². The molecule has 0 aromatic heterocycles. The van der Waals surface area contributed by atoms with Crippen LogP contribution in [0.4, 0.5) is 0 Å². The monoisotopic (exact) mass is 262 g/mol. The Labute approximate surface area is 117 Å². The van der Waals surface area contributed by atoms with Crippen LogP contribution in [0.3, 0.4) is 0 Å². The standard InChI is InChI=1S/C18H18Si/c1-2-6-14-10-17(9-13(14)5-1)19-18-11-15-7-3-4-8-16(15)12-18/h1-8,17-18H,9-12H2. The van der Waals surface area contributed by atoms with E-state index in [1.54, 1.807) is 22.3 Å². The van der Waals surface area contributed by atoms with Gasteiger partial charge in [0.25, 0.3) is 0 Å². The zero-order valence-corrected chi connectivity index (χ0v) is 12.1. The topological polar surface area (TPSA) is 0 Å². The fourth-order valence-corrected chi connectivity index (χ4v) is 5.70. The lowest BCUT2D eigenvalue weighted by Crippen LogP contribution is -2.11. The van der Waals surface area contributed by atoms with Crippen molar-refractivity contribution in [2.75, 3.05) is 0 Å². The first-order valence-corrected chi connectivity index (χ1v) is 8.43.